The first-order valence-electron chi connectivity index (χ1n) is 9.31. The van der Waals surface area contributed by atoms with Crippen molar-refractivity contribution in [2.45, 2.75) is 13.0 Å². The van der Waals surface area contributed by atoms with Crippen LogP contribution in [0.4, 0.5) is 5.82 Å². The number of nitriles is 1. The largest absolute Gasteiger partial charge is 0.491 e. The Kier molecular flexibility index (Phi) is 6.58. The zero-order valence-corrected chi connectivity index (χ0v) is 15.9. The summed E-state index contributed by atoms with van der Waals surface area (Å²) in [6.07, 6.45) is 1.07. The number of aromatic nitrogens is 1. The van der Waals surface area contributed by atoms with Gasteiger partial charge in [-0.3, -0.25) is 9.69 Å². The van der Waals surface area contributed by atoms with Crippen LogP contribution < -0.4 is 9.64 Å². The molecule has 1 aromatic carbocycles. The summed E-state index contributed by atoms with van der Waals surface area (Å²) >= 11 is 0. The molecule has 3 rings (SSSR count). The van der Waals surface area contributed by atoms with Crippen LogP contribution in [0.5, 0.6) is 5.75 Å². The molecule has 1 aliphatic heterocycles. The summed E-state index contributed by atoms with van der Waals surface area (Å²) in [5.41, 5.74) is 1.17. The van der Waals surface area contributed by atoms with Gasteiger partial charge in [-0.25, -0.2) is 4.98 Å². The number of pyridine rings is 1. The summed E-state index contributed by atoms with van der Waals surface area (Å²) < 4.78 is 5.64. The van der Waals surface area contributed by atoms with Crippen LogP contribution in [-0.4, -0.2) is 66.2 Å². The van der Waals surface area contributed by atoms with Crippen LogP contribution in [0.3, 0.4) is 0 Å². The number of hydrogen-bond acceptors (Lipinski definition) is 7. The molecular weight excluding hydrogens is 356 g/mol. The smallest absolute Gasteiger partial charge is 0.159 e. The third-order valence-corrected chi connectivity index (χ3v) is 4.73. The third-order valence-electron chi connectivity index (χ3n) is 4.73. The minimum absolute atomic E-state index is 0.0173. The standard InChI is InChI=1S/C21H24N4O3/c1-16(26)17-4-2-6-20(12-17)28-15-19(27)14-24-8-10-25(11-9-24)21-18(13-22)5-3-7-23-21/h2-7,12,19,27H,8-11,14-15H2,1H3. The minimum Gasteiger partial charge on any atom is -0.491 e. The Balaban J connectivity index is 1.46. The lowest BCUT2D eigenvalue weighted by Gasteiger charge is -2.36. The van der Waals surface area contributed by atoms with Crippen molar-refractivity contribution in [1.29, 1.82) is 5.26 Å². The van der Waals surface area contributed by atoms with Crippen molar-refractivity contribution in [2.24, 2.45) is 0 Å². The average molecular weight is 380 g/mol. The van der Waals surface area contributed by atoms with Gasteiger partial charge in [-0.15, -0.1) is 0 Å². The topological polar surface area (TPSA) is 89.7 Å². The van der Waals surface area contributed by atoms with Gasteiger partial charge in [-0.05, 0) is 31.2 Å². The fourth-order valence-corrected chi connectivity index (χ4v) is 3.23. The maximum Gasteiger partial charge on any atom is 0.159 e. The van der Waals surface area contributed by atoms with Crippen LogP contribution in [0.2, 0.25) is 0 Å². The quantitative estimate of drug-likeness (QED) is 0.732. The number of rotatable bonds is 7. The van der Waals surface area contributed by atoms with Gasteiger partial charge in [0.05, 0.1) is 5.56 Å². The SMILES string of the molecule is CC(=O)c1cccc(OCC(O)CN2CCN(c3ncccc3C#N)CC2)c1. The van der Waals surface area contributed by atoms with Crippen LogP contribution in [0.1, 0.15) is 22.8 Å². The van der Waals surface area contributed by atoms with Crippen molar-refractivity contribution in [2.75, 3.05) is 44.2 Å². The number of nitrogens with zero attached hydrogens (tertiary/aromatic N) is 4. The second kappa shape index (κ2) is 9.31. The van der Waals surface area contributed by atoms with Crippen molar-refractivity contribution >= 4 is 11.6 Å². The zero-order valence-electron chi connectivity index (χ0n) is 15.9. The number of piperazine rings is 1. The molecule has 1 N–H and O–H groups in total. The molecule has 1 fully saturated rings. The van der Waals surface area contributed by atoms with Gasteiger partial charge >= 0.3 is 0 Å². The Morgan fingerprint density at radius 1 is 1.29 bits per heavy atom. The second-order valence-corrected chi connectivity index (χ2v) is 6.82. The molecule has 1 aliphatic rings. The summed E-state index contributed by atoms with van der Waals surface area (Å²) in [4.78, 5) is 20.0. The van der Waals surface area contributed by atoms with Crippen LogP contribution in [0.15, 0.2) is 42.6 Å². The number of ether oxygens (including phenoxy) is 1. The van der Waals surface area contributed by atoms with E-state index in [1.807, 2.05) is 0 Å². The van der Waals surface area contributed by atoms with Gasteiger partial charge in [-0.2, -0.15) is 5.26 Å². The first kappa shape index (κ1) is 19.8. The van der Waals surface area contributed by atoms with E-state index in [9.17, 15) is 15.2 Å². The number of aliphatic hydroxyl groups is 1. The molecule has 1 atom stereocenters. The van der Waals surface area contributed by atoms with E-state index in [-0.39, 0.29) is 12.4 Å². The van der Waals surface area contributed by atoms with Crippen LogP contribution >= 0.6 is 0 Å². The lowest BCUT2D eigenvalue weighted by atomic mass is 10.1. The number of benzene rings is 1. The van der Waals surface area contributed by atoms with Gasteiger partial charge in [0.15, 0.2) is 5.78 Å². The average Bonchev–Trinajstić information content (AvgIpc) is 2.73. The molecule has 0 radical (unpaired) electrons. The number of β-amino-alcohol motifs (C(OH)–C–C–N with tert-alkyl or cyclic N) is 1. The molecule has 7 heteroatoms. The third kappa shape index (κ3) is 5.06. The van der Waals surface area contributed by atoms with E-state index >= 15 is 0 Å². The molecule has 146 valence electrons. The van der Waals surface area contributed by atoms with Crippen molar-refractivity contribution < 1.29 is 14.6 Å². The molecule has 0 saturated carbocycles. The van der Waals surface area contributed by atoms with Gasteiger partial charge in [0.25, 0.3) is 0 Å². The highest BCUT2D eigenvalue weighted by Gasteiger charge is 2.22. The molecule has 7 nitrogen and oxygen atoms in total. The monoisotopic (exact) mass is 380 g/mol. The van der Waals surface area contributed by atoms with Gasteiger partial charge < -0.3 is 14.7 Å². The highest BCUT2D eigenvalue weighted by molar-refractivity contribution is 5.94. The molecule has 2 heterocycles. The van der Waals surface area contributed by atoms with E-state index in [0.29, 0.717) is 23.4 Å². The molecule has 2 aromatic rings. The van der Waals surface area contributed by atoms with Gasteiger partial charge in [0, 0.05) is 44.5 Å². The molecule has 0 amide bonds. The number of Topliss-reactive ketones (excluding diaryl/α,β-unsaturated/α-hetero) is 1. The molecular formula is C21H24N4O3. The van der Waals surface area contributed by atoms with Crippen LogP contribution in [0.25, 0.3) is 0 Å². The molecule has 0 spiro atoms. The highest BCUT2D eigenvalue weighted by Crippen LogP contribution is 2.18. The maximum absolute atomic E-state index is 11.4. The number of aliphatic hydroxyl groups excluding tert-OH is 1. The predicted molar refractivity (Wildman–Crippen MR) is 106 cm³/mol. The van der Waals surface area contributed by atoms with Gasteiger partial charge in [0.1, 0.15) is 30.3 Å². The van der Waals surface area contributed by atoms with Crippen molar-refractivity contribution in [1.82, 2.24) is 9.88 Å². The Hall–Kier alpha value is -2.95. The van der Waals surface area contributed by atoms with Crippen molar-refractivity contribution in [3.05, 3.63) is 53.7 Å². The first-order valence-corrected chi connectivity index (χ1v) is 9.31. The van der Waals surface area contributed by atoms with Crippen molar-refractivity contribution in [3.63, 3.8) is 0 Å². The summed E-state index contributed by atoms with van der Waals surface area (Å²) in [5.74, 6) is 1.28. The highest BCUT2D eigenvalue weighted by atomic mass is 16.5. The van der Waals surface area contributed by atoms with E-state index < -0.39 is 6.10 Å². The maximum atomic E-state index is 11.4. The predicted octanol–water partition coefficient (Wildman–Crippen LogP) is 1.72. The second-order valence-electron chi connectivity index (χ2n) is 6.82. The van der Waals surface area contributed by atoms with E-state index in [1.54, 1.807) is 42.6 Å². The van der Waals surface area contributed by atoms with Crippen molar-refractivity contribution in [3.8, 4) is 11.8 Å². The summed E-state index contributed by atoms with van der Waals surface area (Å²) in [5, 5.41) is 19.5. The van der Waals surface area contributed by atoms with E-state index in [4.69, 9.17) is 4.74 Å². The van der Waals surface area contributed by atoms with Crippen LogP contribution in [0, 0.1) is 11.3 Å². The molecule has 0 bridgehead atoms. The molecule has 0 aliphatic carbocycles. The van der Waals surface area contributed by atoms with Gasteiger partial charge in [-0.1, -0.05) is 12.1 Å². The van der Waals surface area contributed by atoms with E-state index in [0.717, 1.165) is 32.0 Å². The number of hydrogen-bond donors (Lipinski definition) is 1. The molecule has 1 unspecified atom stereocenters. The number of ketones is 1. The van der Waals surface area contributed by atoms with Crippen LogP contribution in [-0.2, 0) is 0 Å². The minimum atomic E-state index is -0.628. The summed E-state index contributed by atoms with van der Waals surface area (Å²) in [7, 11) is 0. The molecule has 28 heavy (non-hydrogen) atoms. The van der Waals surface area contributed by atoms with Gasteiger partial charge in [0.2, 0.25) is 0 Å². The summed E-state index contributed by atoms with van der Waals surface area (Å²) in [6, 6.07) is 12.7. The Labute approximate surface area is 164 Å². The van der Waals surface area contributed by atoms with E-state index in [1.165, 1.54) is 6.92 Å². The Morgan fingerprint density at radius 3 is 2.79 bits per heavy atom. The summed E-state index contributed by atoms with van der Waals surface area (Å²) in [6.45, 7) is 5.24. The molecule has 1 aromatic heterocycles. The molecule has 1 saturated heterocycles. The Morgan fingerprint density at radius 2 is 2.07 bits per heavy atom. The normalized spacial score (nSPS) is 15.7. The lowest BCUT2D eigenvalue weighted by molar-refractivity contribution is 0.0662. The number of carbonyl (C=O) groups is 1. The first-order chi connectivity index (χ1) is 13.6. The fourth-order valence-electron chi connectivity index (χ4n) is 3.23. The van der Waals surface area contributed by atoms with E-state index in [2.05, 4.69) is 20.9 Å². The number of carbonyl (C=O) groups excluding carboxylic acids is 1. The zero-order chi connectivity index (χ0) is 19.9. The lowest BCUT2D eigenvalue weighted by Crippen LogP contribution is -2.49. The Bertz CT molecular complexity index is 857. The fraction of sp³-hybridized carbons (Fsp3) is 0.381. The number of anilines is 1.